The van der Waals surface area contributed by atoms with E-state index in [1.807, 2.05) is 11.9 Å². The van der Waals surface area contributed by atoms with Gasteiger partial charge in [0.1, 0.15) is 0 Å². The number of nitrogens with two attached hydrogens (primary N) is 1. The quantitative estimate of drug-likeness (QED) is 0.904. The molecule has 15 heavy (non-hydrogen) atoms. The van der Waals surface area contributed by atoms with E-state index in [-0.39, 0.29) is 0 Å². The molecule has 0 aliphatic heterocycles. The number of nitrogen functional groups attached to an aromatic ring is 1. The Hall–Kier alpha value is -1.08. The molecule has 0 aliphatic carbocycles. The van der Waals surface area contributed by atoms with Crippen molar-refractivity contribution in [2.24, 2.45) is 0 Å². The van der Waals surface area contributed by atoms with Crippen LogP contribution in [0.1, 0.15) is 4.88 Å². The summed E-state index contributed by atoms with van der Waals surface area (Å²) in [4.78, 5) is 7.22. The summed E-state index contributed by atoms with van der Waals surface area (Å²) in [7, 11) is 1.93. The number of thiophene rings is 1. The van der Waals surface area contributed by atoms with Crippen molar-refractivity contribution >= 4 is 39.2 Å². The maximum atomic E-state index is 5.45. The lowest BCUT2D eigenvalue weighted by molar-refractivity contribution is 0.882. The molecular formula is C8H10BrN5S. The number of aromatic amines is 1. The zero-order valence-corrected chi connectivity index (χ0v) is 10.5. The van der Waals surface area contributed by atoms with Crippen molar-refractivity contribution in [1.29, 1.82) is 0 Å². The van der Waals surface area contributed by atoms with Gasteiger partial charge in [0.15, 0.2) is 0 Å². The summed E-state index contributed by atoms with van der Waals surface area (Å²) in [6, 6.07) is 2.08. The molecule has 0 aromatic carbocycles. The first-order chi connectivity index (χ1) is 7.15. The maximum Gasteiger partial charge on any atom is 0.246 e. The molecule has 3 N–H and O–H groups in total. The van der Waals surface area contributed by atoms with Crippen LogP contribution in [0.2, 0.25) is 0 Å². The predicted molar refractivity (Wildman–Crippen MR) is 64.9 cm³/mol. The van der Waals surface area contributed by atoms with E-state index in [0.29, 0.717) is 11.9 Å². The van der Waals surface area contributed by atoms with Gasteiger partial charge in [-0.05, 0) is 22.0 Å². The molecule has 0 radical (unpaired) electrons. The van der Waals surface area contributed by atoms with Gasteiger partial charge in [-0.15, -0.1) is 16.4 Å². The van der Waals surface area contributed by atoms with E-state index < -0.39 is 0 Å². The van der Waals surface area contributed by atoms with Crippen LogP contribution in [0.5, 0.6) is 0 Å². The molecule has 7 heteroatoms. The van der Waals surface area contributed by atoms with Gasteiger partial charge >= 0.3 is 0 Å². The van der Waals surface area contributed by atoms with Crippen LogP contribution in [0, 0.1) is 0 Å². The second-order valence-electron chi connectivity index (χ2n) is 3.11. The first-order valence-corrected chi connectivity index (χ1v) is 5.94. The Morgan fingerprint density at radius 3 is 3.00 bits per heavy atom. The molecule has 2 heterocycles. The number of hydrogen-bond donors (Lipinski definition) is 2. The second kappa shape index (κ2) is 4.19. The average Bonchev–Trinajstić information content (AvgIpc) is 2.75. The van der Waals surface area contributed by atoms with E-state index in [9.17, 15) is 0 Å². The second-order valence-corrected chi connectivity index (χ2v) is 5.02. The smallest absolute Gasteiger partial charge is 0.246 e. The van der Waals surface area contributed by atoms with Gasteiger partial charge in [-0.3, -0.25) is 0 Å². The third kappa shape index (κ3) is 2.48. The topological polar surface area (TPSA) is 70.8 Å². The Labute approximate surface area is 99.4 Å². The van der Waals surface area contributed by atoms with Gasteiger partial charge < -0.3 is 10.6 Å². The molecule has 0 saturated carbocycles. The van der Waals surface area contributed by atoms with Crippen LogP contribution in [0.15, 0.2) is 15.9 Å². The number of hydrogen-bond acceptors (Lipinski definition) is 5. The molecule has 0 unspecified atom stereocenters. The van der Waals surface area contributed by atoms with E-state index in [2.05, 4.69) is 42.6 Å². The van der Waals surface area contributed by atoms with Gasteiger partial charge in [-0.2, -0.15) is 4.98 Å². The minimum atomic E-state index is 0.337. The van der Waals surface area contributed by atoms with Gasteiger partial charge in [0.05, 0.1) is 6.54 Å². The van der Waals surface area contributed by atoms with Crippen LogP contribution >= 0.6 is 27.3 Å². The van der Waals surface area contributed by atoms with E-state index in [4.69, 9.17) is 5.73 Å². The van der Waals surface area contributed by atoms with Crippen molar-refractivity contribution < 1.29 is 0 Å². The van der Waals surface area contributed by atoms with Crippen molar-refractivity contribution in [3.8, 4) is 0 Å². The largest absolute Gasteiger partial charge is 0.368 e. The summed E-state index contributed by atoms with van der Waals surface area (Å²) in [5.74, 6) is 0.946. The third-order valence-corrected chi connectivity index (χ3v) is 3.53. The summed E-state index contributed by atoms with van der Waals surface area (Å²) in [5.41, 5.74) is 5.45. The molecule has 0 spiro atoms. The minimum absolute atomic E-state index is 0.337. The third-order valence-electron chi connectivity index (χ3n) is 1.85. The fourth-order valence-electron chi connectivity index (χ4n) is 1.18. The van der Waals surface area contributed by atoms with Crippen molar-refractivity contribution in [2.75, 3.05) is 17.7 Å². The predicted octanol–water partition coefficient (Wildman–Crippen LogP) is 1.85. The highest BCUT2D eigenvalue weighted by Gasteiger charge is 2.08. The minimum Gasteiger partial charge on any atom is -0.368 e. The zero-order valence-electron chi connectivity index (χ0n) is 8.07. The van der Waals surface area contributed by atoms with E-state index in [1.165, 1.54) is 4.88 Å². The van der Waals surface area contributed by atoms with Crippen LogP contribution in [-0.2, 0) is 6.54 Å². The van der Waals surface area contributed by atoms with Gasteiger partial charge in [-0.1, -0.05) is 0 Å². The van der Waals surface area contributed by atoms with Crippen LogP contribution < -0.4 is 10.6 Å². The first-order valence-electron chi connectivity index (χ1n) is 4.27. The molecule has 0 aliphatic rings. The van der Waals surface area contributed by atoms with Crippen LogP contribution in [0.4, 0.5) is 11.9 Å². The summed E-state index contributed by atoms with van der Waals surface area (Å²) >= 11 is 5.11. The Morgan fingerprint density at radius 1 is 1.67 bits per heavy atom. The fourth-order valence-corrected chi connectivity index (χ4v) is 2.68. The number of H-pyrrole nitrogens is 1. The molecule has 0 saturated heterocycles. The molecule has 80 valence electrons. The lowest BCUT2D eigenvalue weighted by Gasteiger charge is -2.12. The van der Waals surface area contributed by atoms with Gasteiger partial charge in [0, 0.05) is 21.8 Å². The van der Waals surface area contributed by atoms with Crippen LogP contribution in [0.3, 0.4) is 0 Å². The summed E-state index contributed by atoms with van der Waals surface area (Å²) in [5, 5.41) is 8.64. The number of halogens is 1. The Morgan fingerprint density at radius 2 is 2.47 bits per heavy atom. The van der Waals surface area contributed by atoms with E-state index in [0.717, 1.165) is 11.0 Å². The lowest BCUT2D eigenvalue weighted by Crippen LogP contribution is -2.17. The highest BCUT2D eigenvalue weighted by Crippen LogP contribution is 2.21. The van der Waals surface area contributed by atoms with Crippen molar-refractivity contribution in [3.05, 3.63) is 20.8 Å². The standard InChI is InChI=1S/C8H10BrN5S/c1-14(8-11-7(10)12-13-8)3-6-2-5(9)4-15-6/h2,4H,3H2,1H3,(H3,10,11,12,13). The molecule has 0 bridgehead atoms. The fraction of sp³-hybridized carbons (Fsp3) is 0.250. The molecule has 2 aromatic rings. The first kappa shape index (κ1) is 10.4. The monoisotopic (exact) mass is 287 g/mol. The highest BCUT2D eigenvalue weighted by molar-refractivity contribution is 9.10. The van der Waals surface area contributed by atoms with Gasteiger partial charge in [0.2, 0.25) is 11.9 Å². The van der Waals surface area contributed by atoms with Crippen molar-refractivity contribution in [2.45, 2.75) is 6.54 Å². The van der Waals surface area contributed by atoms with E-state index in [1.54, 1.807) is 11.3 Å². The molecule has 2 rings (SSSR count). The number of aromatic nitrogens is 3. The molecule has 0 atom stereocenters. The molecule has 0 fully saturated rings. The number of rotatable bonds is 3. The van der Waals surface area contributed by atoms with Crippen LogP contribution in [-0.4, -0.2) is 22.2 Å². The Balaban J connectivity index is 2.06. The Bertz CT molecular complexity index is 451. The van der Waals surface area contributed by atoms with Crippen molar-refractivity contribution in [3.63, 3.8) is 0 Å². The van der Waals surface area contributed by atoms with E-state index >= 15 is 0 Å². The summed E-state index contributed by atoms with van der Waals surface area (Å²) < 4.78 is 1.10. The highest BCUT2D eigenvalue weighted by atomic mass is 79.9. The summed E-state index contributed by atoms with van der Waals surface area (Å²) in [6.45, 7) is 0.771. The Kier molecular flexibility index (Phi) is 2.92. The average molecular weight is 288 g/mol. The van der Waals surface area contributed by atoms with Gasteiger partial charge in [-0.25, -0.2) is 5.10 Å². The molecular weight excluding hydrogens is 278 g/mol. The normalized spacial score (nSPS) is 10.5. The SMILES string of the molecule is CN(Cc1cc(Br)cs1)c1n[nH]c(N)n1. The van der Waals surface area contributed by atoms with Gasteiger partial charge in [0.25, 0.3) is 0 Å². The lowest BCUT2D eigenvalue weighted by atomic mass is 10.4. The molecule has 2 aromatic heterocycles. The molecule has 5 nitrogen and oxygen atoms in total. The zero-order chi connectivity index (χ0) is 10.8. The van der Waals surface area contributed by atoms with Crippen LogP contribution in [0.25, 0.3) is 0 Å². The number of nitrogens with zero attached hydrogens (tertiary/aromatic N) is 3. The summed E-state index contributed by atoms with van der Waals surface area (Å²) in [6.07, 6.45) is 0. The number of nitrogens with one attached hydrogen (secondary N) is 1. The number of anilines is 2. The van der Waals surface area contributed by atoms with Crippen molar-refractivity contribution in [1.82, 2.24) is 15.2 Å². The maximum absolute atomic E-state index is 5.45. The molecule has 0 amide bonds.